The smallest absolute Gasteiger partial charge is 0.228 e. The van der Waals surface area contributed by atoms with Crippen LogP contribution in [0.4, 0.5) is 11.4 Å². The molecule has 0 heterocycles. The minimum absolute atomic E-state index is 0.125. The van der Waals surface area contributed by atoms with E-state index in [0.29, 0.717) is 17.7 Å². The largest absolute Gasteiger partial charge is 0.326 e. The van der Waals surface area contributed by atoms with Crippen LogP contribution in [0.15, 0.2) is 42.5 Å². The summed E-state index contributed by atoms with van der Waals surface area (Å²) >= 11 is 0. The van der Waals surface area contributed by atoms with Gasteiger partial charge < -0.3 is 10.6 Å². The van der Waals surface area contributed by atoms with Crippen molar-refractivity contribution in [2.75, 3.05) is 10.6 Å². The Morgan fingerprint density at radius 1 is 1.04 bits per heavy atom. The van der Waals surface area contributed by atoms with E-state index in [0.717, 1.165) is 16.8 Å². The zero-order valence-corrected chi connectivity index (χ0v) is 14.2. The summed E-state index contributed by atoms with van der Waals surface area (Å²) < 4.78 is 0. The average Bonchev–Trinajstić information content (AvgIpc) is 3.39. The first kappa shape index (κ1) is 16.7. The molecule has 0 saturated heterocycles. The van der Waals surface area contributed by atoms with Crippen molar-refractivity contribution in [3.8, 4) is 6.07 Å². The number of amides is 2. The van der Waals surface area contributed by atoms with E-state index in [1.54, 1.807) is 24.3 Å². The van der Waals surface area contributed by atoms with Gasteiger partial charge in [0.1, 0.15) is 0 Å². The first-order valence-electron chi connectivity index (χ1n) is 8.17. The number of carbonyl (C=O) groups is 2. The van der Waals surface area contributed by atoms with E-state index in [2.05, 4.69) is 10.6 Å². The molecule has 2 amide bonds. The molecule has 1 saturated carbocycles. The molecule has 1 fully saturated rings. The van der Waals surface area contributed by atoms with Crippen LogP contribution in [0.2, 0.25) is 0 Å². The number of rotatable bonds is 4. The molecule has 2 unspecified atom stereocenters. The number of benzene rings is 2. The average molecular weight is 333 g/mol. The number of aryl methyl sites for hydroxylation is 2. The van der Waals surface area contributed by atoms with Crippen molar-refractivity contribution in [3.63, 3.8) is 0 Å². The minimum atomic E-state index is -0.323. The van der Waals surface area contributed by atoms with Gasteiger partial charge in [0, 0.05) is 11.4 Å². The maximum absolute atomic E-state index is 12.4. The molecular weight excluding hydrogens is 314 g/mol. The van der Waals surface area contributed by atoms with Crippen molar-refractivity contribution in [2.45, 2.75) is 20.3 Å². The summed E-state index contributed by atoms with van der Waals surface area (Å²) in [6.45, 7) is 3.91. The molecule has 126 valence electrons. The Morgan fingerprint density at radius 2 is 1.76 bits per heavy atom. The minimum Gasteiger partial charge on any atom is -0.326 e. The number of nitrogens with one attached hydrogen (secondary N) is 2. The normalized spacial score (nSPS) is 18.1. The van der Waals surface area contributed by atoms with Crippen molar-refractivity contribution >= 4 is 23.2 Å². The summed E-state index contributed by atoms with van der Waals surface area (Å²) in [4.78, 5) is 24.7. The second-order valence-corrected chi connectivity index (χ2v) is 6.44. The molecule has 5 nitrogen and oxygen atoms in total. The molecule has 2 aromatic rings. The zero-order valence-electron chi connectivity index (χ0n) is 14.2. The molecule has 25 heavy (non-hydrogen) atoms. The van der Waals surface area contributed by atoms with Gasteiger partial charge in [-0.1, -0.05) is 18.2 Å². The number of hydrogen-bond acceptors (Lipinski definition) is 3. The molecule has 1 aliphatic rings. The van der Waals surface area contributed by atoms with Gasteiger partial charge in [0.05, 0.1) is 23.5 Å². The van der Waals surface area contributed by atoms with Crippen molar-refractivity contribution < 1.29 is 9.59 Å². The van der Waals surface area contributed by atoms with Gasteiger partial charge in [-0.2, -0.15) is 5.26 Å². The van der Waals surface area contributed by atoms with Crippen LogP contribution in [-0.2, 0) is 9.59 Å². The van der Waals surface area contributed by atoms with Crippen LogP contribution in [0.1, 0.15) is 23.1 Å². The highest BCUT2D eigenvalue weighted by atomic mass is 16.2. The van der Waals surface area contributed by atoms with Gasteiger partial charge in [0.2, 0.25) is 11.8 Å². The lowest BCUT2D eigenvalue weighted by Crippen LogP contribution is -2.21. The highest BCUT2D eigenvalue weighted by molar-refractivity contribution is 6.03. The van der Waals surface area contributed by atoms with E-state index >= 15 is 0 Å². The van der Waals surface area contributed by atoms with Crippen molar-refractivity contribution in [2.24, 2.45) is 11.8 Å². The zero-order chi connectivity index (χ0) is 18.0. The van der Waals surface area contributed by atoms with Crippen LogP contribution in [0.25, 0.3) is 0 Å². The van der Waals surface area contributed by atoms with E-state index < -0.39 is 0 Å². The maximum Gasteiger partial charge on any atom is 0.228 e. The third-order valence-corrected chi connectivity index (χ3v) is 4.37. The lowest BCUT2D eigenvalue weighted by Gasteiger charge is -2.09. The topological polar surface area (TPSA) is 82.0 Å². The Hall–Kier alpha value is -3.13. The number of carbonyl (C=O) groups excluding carboxylic acids is 2. The molecule has 0 aliphatic heterocycles. The summed E-state index contributed by atoms with van der Waals surface area (Å²) in [7, 11) is 0. The number of hydrogen-bond donors (Lipinski definition) is 2. The fourth-order valence-corrected chi connectivity index (χ4v) is 2.77. The Balaban J connectivity index is 1.60. The third kappa shape index (κ3) is 3.86. The fraction of sp³-hybridized carbons (Fsp3) is 0.250. The molecule has 0 spiro atoms. The van der Waals surface area contributed by atoms with Gasteiger partial charge >= 0.3 is 0 Å². The number of anilines is 2. The lowest BCUT2D eigenvalue weighted by molar-refractivity contribution is -0.122. The fourth-order valence-electron chi connectivity index (χ4n) is 2.77. The predicted octanol–water partition coefficient (Wildman–Crippen LogP) is 3.39. The maximum atomic E-state index is 12.4. The first-order chi connectivity index (χ1) is 12.0. The molecule has 3 rings (SSSR count). The molecule has 5 heteroatoms. The number of nitriles is 1. The first-order valence-corrected chi connectivity index (χ1v) is 8.17. The van der Waals surface area contributed by atoms with E-state index in [4.69, 9.17) is 5.26 Å². The summed E-state index contributed by atoms with van der Waals surface area (Å²) in [6.07, 6.45) is 0.542. The Morgan fingerprint density at radius 3 is 2.48 bits per heavy atom. The highest BCUT2D eigenvalue weighted by Gasteiger charge is 2.48. The van der Waals surface area contributed by atoms with Gasteiger partial charge in [0.25, 0.3) is 0 Å². The van der Waals surface area contributed by atoms with Gasteiger partial charge in [-0.25, -0.2) is 0 Å². The Kier molecular flexibility index (Phi) is 4.53. The van der Waals surface area contributed by atoms with E-state index in [-0.39, 0.29) is 23.7 Å². The molecular formula is C20H19N3O2. The van der Waals surface area contributed by atoms with Crippen molar-refractivity contribution in [1.82, 2.24) is 0 Å². The summed E-state index contributed by atoms with van der Waals surface area (Å²) in [5, 5.41) is 14.6. The standard InChI is InChI=1S/C20H19N3O2/c1-12-6-7-13(2)18(8-12)23-20(25)17-10-16(17)19(24)22-15-5-3-4-14(9-15)11-21/h3-9,16-17H,10H2,1-2H3,(H,22,24)(H,23,25). The van der Waals surface area contributed by atoms with Crippen LogP contribution in [0.3, 0.4) is 0 Å². The van der Waals surface area contributed by atoms with Gasteiger partial charge in [0.15, 0.2) is 0 Å². The molecule has 2 atom stereocenters. The third-order valence-electron chi connectivity index (χ3n) is 4.37. The second kappa shape index (κ2) is 6.78. The summed E-state index contributed by atoms with van der Waals surface area (Å²) in [5.74, 6) is -0.939. The molecule has 1 aliphatic carbocycles. The molecule has 2 aromatic carbocycles. The molecule has 0 radical (unpaired) electrons. The van der Waals surface area contributed by atoms with Gasteiger partial charge in [-0.3, -0.25) is 9.59 Å². The van der Waals surface area contributed by atoms with Crippen molar-refractivity contribution in [1.29, 1.82) is 5.26 Å². The van der Waals surface area contributed by atoms with Crippen LogP contribution in [0.5, 0.6) is 0 Å². The summed E-state index contributed by atoms with van der Waals surface area (Å²) in [6, 6.07) is 14.7. The summed E-state index contributed by atoms with van der Waals surface area (Å²) in [5.41, 5.74) is 3.91. The van der Waals surface area contributed by atoms with Crippen LogP contribution in [-0.4, -0.2) is 11.8 Å². The highest BCUT2D eigenvalue weighted by Crippen LogP contribution is 2.40. The second-order valence-electron chi connectivity index (χ2n) is 6.44. The molecule has 0 aromatic heterocycles. The Bertz CT molecular complexity index is 883. The van der Waals surface area contributed by atoms with Gasteiger partial charge in [-0.15, -0.1) is 0 Å². The van der Waals surface area contributed by atoms with E-state index in [9.17, 15) is 9.59 Å². The predicted molar refractivity (Wildman–Crippen MR) is 95.9 cm³/mol. The van der Waals surface area contributed by atoms with E-state index in [1.165, 1.54) is 0 Å². The van der Waals surface area contributed by atoms with Crippen LogP contribution >= 0.6 is 0 Å². The van der Waals surface area contributed by atoms with Crippen LogP contribution in [0, 0.1) is 37.0 Å². The molecule has 2 N–H and O–H groups in total. The van der Waals surface area contributed by atoms with Gasteiger partial charge in [-0.05, 0) is 55.7 Å². The monoisotopic (exact) mass is 333 g/mol. The van der Waals surface area contributed by atoms with Crippen LogP contribution < -0.4 is 10.6 Å². The number of nitrogens with zero attached hydrogens (tertiary/aromatic N) is 1. The lowest BCUT2D eigenvalue weighted by atomic mass is 10.1. The SMILES string of the molecule is Cc1ccc(C)c(NC(=O)C2CC2C(=O)Nc2cccc(C#N)c2)c1. The molecule has 0 bridgehead atoms. The van der Waals surface area contributed by atoms with Crippen molar-refractivity contribution in [3.05, 3.63) is 59.2 Å². The van der Waals surface area contributed by atoms with E-state index in [1.807, 2.05) is 38.1 Å². The Labute approximate surface area is 146 Å². The quantitative estimate of drug-likeness (QED) is 0.900.